The lowest BCUT2D eigenvalue weighted by Crippen LogP contribution is -1.82. The molecule has 0 aliphatic rings. The third-order valence-electron chi connectivity index (χ3n) is 3.77. The van der Waals surface area contributed by atoms with E-state index in [2.05, 4.69) is 6.92 Å². The summed E-state index contributed by atoms with van der Waals surface area (Å²) in [4.78, 5) is 17.3. The molecule has 0 aromatic heterocycles. The van der Waals surface area contributed by atoms with Gasteiger partial charge in [-0.3, -0.25) is 4.57 Å². The van der Waals surface area contributed by atoms with E-state index in [1.165, 1.54) is 77.0 Å². The Hall–Kier alpha value is -0.110. The zero-order valence-corrected chi connectivity index (χ0v) is 14.7. The van der Waals surface area contributed by atoms with Crippen LogP contribution in [0.4, 0.5) is 0 Å². The highest BCUT2D eigenvalue weighted by Gasteiger charge is 2.04. The van der Waals surface area contributed by atoms with Crippen LogP contribution in [0.3, 0.4) is 0 Å². The molecule has 0 rings (SSSR count). The highest BCUT2D eigenvalue weighted by atomic mass is 31.2. The molecule has 0 amide bonds. The SMILES string of the molecule is CCCCCCCCCCCCCCC/C=C/P(=O)(O)O. The molecule has 0 aliphatic carbocycles. The minimum Gasteiger partial charge on any atom is -0.321 e. The Morgan fingerprint density at radius 3 is 1.48 bits per heavy atom. The van der Waals surface area contributed by atoms with Gasteiger partial charge in [0.15, 0.2) is 0 Å². The highest BCUT2D eigenvalue weighted by molar-refractivity contribution is 7.55. The molecule has 0 aromatic carbocycles. The molecule has 0 fully saturated rings. The van der Waals surface area contributed by atoms with E-state index < -0.39 is 7.60 Å². The molecule has 126 valence electrons. The highest BCUT2D eigenvalue weighted by Crippen LogP contribution is 2.36. The number of hydrogen-bond acceptors (Lipinski definition) is 1. The van der Waals surface area contributed by atoms with Gasteiger partial charge in [-0.05, 0) is 12.8 Å². The molecular formula is C17H35O3P. The van der Waals surface area contributed by atoms with Gasteiger partial charge in [0.25, 0.3) is 0 Å². The van der Waals surface area contributed by atoms with Crippen LogP contribution >= 0.6 is 7.60 Å². The zero-order valence-electron chi connectivity index (χ0n) is 13.8. The molecule has 2 N–H and O–H groups in total. The Balaban J connectivity index is 3.09. The third kappa shape index (κ3) is 19.9. The van der Waals surface area contributed by atoms with Crippen molar-refractivity contribution in [2.45, 2.75) is 96.8 Å². The molecule has 3 nitrogen and oxygen atoms in total. The van der Waals surface area contributed by atoms with Crippen LogP contribution in [0.25, 0.3) is 0 Å². The fraction of sp³-hybridized carbons (Fsp3) is 0.882. The van der Waals surface area contributed by atoms with Crippen molar-refractivity contribution in [3.05, 3.63) is 11.9 Å². The lowest BCUT2D eigenvalue weighted by atomic mass is 10.0. The maximum Gasteiger partial charge on any atom is 0.348 e. The van der Waals surface area contributed by atoms with E-state index in [9.17, 15) is 4.57 Å². The number of hydrogen-bond donors (Lipinski definition) is 2. The fourth-order valence-electron chi connectivity index (χ4n) is 2.49. The molecule has 0 spiro atoms. The van der Waals surface area contributed by atoms with E-state index >= 15 is 0 Å². The molecule has 0 aromatic rings. The largest absolute Gasteiger partial charge is 0.348 e. The van der Waals surface area contributed by atoms with Crippen LogP contribution in [-0.2, 0) is 4.57 Å². The van der Waals surface area contributed by atoms with Crippen LogP contribution in [-0.4, -0.2) is 9.79 Å². The van der Waals surface area contributed by atoms with Crippen molar-refractivity contribution in [1.82, 2.24) is 0 Å². The average Bonchev–Trinajstić information content (AvgIpc) is 2.42. The molecule has 0 radical (unpaired) electrons. The van der Waals surface area contributed by atoms with E-state index in [1.807, 2.05) is 0 Å². The second-order valence-corrected chi connectivity index (χ2v) is 7.48. The summed E-state index contributed by atoms with van der Waals surface area (Å²) in [6.07, 6.45) is 19.6. The van der Waals surface area contributed by atoms with E-state index in [0.717, 1.165) is 18.7 Å². The van der Waals surface area contributed by atoms with Crippen molar-refractivity contribution in [3.8, 4) is 0 Å². The van der Waals surface area contributed by atoms with Crippen molar-refractivity contribution in [2.75, 3.05) is 0 Å². The summed E-state index contributed by atoms with van der Waals surface area (Å²) < 4.78 is 10.6. The third-order valence-corrected chi connectivity index (χ3v) is 4.37. The fourth-order valence-corrected chi connectivity index (χ4v) is 2.92. The van der Waals surface area contributed by atoms with Gasteiger partial charge in [0.2, 0.25) is 0 Å². The molecule has 21 heavy (non-hydrogen) atoms. The van der Waals surface area contributed by atoms with E-state index in [0.29, 0.717) is 0 Å². The first-order chi connectivity index (χ1) is 10.1. The van der Waals surface area contributed by atoms with Gasteiger partial charge in [-0.2, -0.15) is 0 Å². The summed E-state index contributed by atoms with van der Waals surface area (Å²) in [5.74, 6) is 1.02. The molecule has 0 aliphatic heterocycles. The topological polar surface area (TPSA) is 57.5 Å². The lowest BCUT2D eigenvalue weighted by molar-refractivity contribution is 0.386. The Bertz CT molecular complexity index is 284. The maximum atomic E-state index is 10.6. The molecule has 0 heterocycles. The van der Waals surface area contributed by atoms with Crippen molar-refractivity contribution in [1.29, 1.82) is 0 Å². The first kappa shape index (κ1) is 20.9. The second-order valence-electron chi connectivity index (χ2n) is 6.01. The van der Waals surface area contributed by atoms with Gasteiger partial charge < -0.3 is 9.79 Å². The summed E-state index contributed by atoms with van der Waals surface area (Å²) in [7, 11) is -3.93. The first-order valence-corrected chi connectivity index (χ1v) is 10.5. The van der Waals surface area contributed by atoms with E-state index in [4.69, 9.17) is 9.79 Å². The number of allylic oxidation sites excluding steroid dienone is 1. The van der Waals surface area contributed by atoms with Gasteiger partial charge in [-0.15, -0.1) is 0 Å². The summed E-state index contributed by atoms with van der Waals surface area (Å²) in [5.41, 5.74) is 0. The molecular weight excluding hydrogens is 283 g/mol. The van der Waals surface area contributed by atoms with Crippen LogP contribution in [0, 0.1) is 0 Å². The minimum atomic E-state index is -3.93. The Morgan fingerprint density at radius 1 is 0.714 bits per heavy atom. The molecule has 0 saturated carbocycles. The van der Waals surface area contributed by atoms with Crippen LogP contribution in [0.15, 0.2) is 11.9 Å². The van der Waals surface area contributed by atoms with Crippen LogP contribution in [0.1, 0.15) is 96.8 Å². The van der Waals surface area contributed by atoms with Crippen LogP contribution in [0.2, 0.25) is 0 Å². The predicted molar refractivity (Wildman–Crippen MR) is 91.5 cm³/mol. The van der Waals surface area contributed by atoms with Gasteiger partial charge in [-0.25, -0.2) is 0 Å². The van der Waals surface area contributed by atoms with Crippen molar-refractivity contribution < 1.29 is 14.4 Å². The summed E-state index contributed by atoms with van der Waals surface area (Å²) in [6.45, 7) is 2.26. The molecule has 4 heteroatoms. The first-order valence-electron chi connectivity index (χ1n) is 8.79. The summed E-state index contributed by atoms with van der Waals surface area (Å²) in [5, 5.41) is 0. The number of unbranched alkanes of at least 4 members (excludes halogenated alkanes) is 13. The van der Waals surface area contributed by atoms with Crippen molar-refractivity contribution >= 4 is 7.60 Å². The smallest absolute Gasteiger partial charge is 0.321 e. The standard InChI is InChI=1S/C17H35O3P/c1-2-3-4-5-6-7-8-9-10-11-12-13-14-15-16-17-21(18,19)20/h16-17H,2-15H2,1H3,(H2,18,19,20)/b17-16+. The average molecular weight is 318 g/mol. The molecule has 0 bridgehead atoms. The predicted octanol–water partition coefficient (Wildman–Crippen LogP) is 6.16. The zero-order chi connectivity index (χ0) is 15.8. The normalized spacial score (nSPS) is 12.3. The lowest BCUT2D eigenvalue weighted by Gasteiger charge is -2.02. The number of rotatable bonds is 15. The quantitative estimate of drug-likeness (QED) is 0.281. The Labute approximate surface area is 131 Å². The summed E-state index contributed by atoms with van der Waals surface area (Å²) in [6, 6.07) is 0. The van der Waals surface area contributed by atoms with Crippen molar-refractivity contribution in [2.24, 2.45) is 0 Å². The Kier molecular flexibility index (Phi) is 14.7. The molecule has 0 atom stereocenters. The second kappa shape index (κ2) is 14.8. The molecule has 0 unspecified atom stereocenters. The van der Waals surface area contributed by atoms with Gasteiger partial charge in [0.1, 0.15) is 0 Å². The van der Waals surface area contributed by atoms with Crippen molar-refractivity contribution in [3.63, 3.8) is 0 Å². The van der Waals surface area contributed by atoms with Gasteiger partial charge in [0.05, 0.1) is 0 Å². The minimum absolute atomic E-state index is 0.781. The monoisotopic (exact) mass is 318 g/mol. The van der Waals surface area contributed by atoms with Gasteiger partial charge in [0, 0.05) is 5.82 Å². The van der Waals surface area contributed by atoms with E-state index in [1.54, 1.807) is 6.08 Å². The van der Waals surface area contributed by atoms with Crippen LogP contribution < -0.4 is 0 Å². The van der Waals surface area contributed by atoms with Gasteiger partial charge >= 0.3 is 7.60 Å². The Morgan fingerprint density at radius 2 is 1.10 bits per heavy atom. The maximum absolute atomic E-state index is 10.6. The van der Waals surface area contributed by atoms with Crippen LogP contribution in [0.5, 0.6) is 0 Å². The van der Waals surface area contributed by atoms with Gasteiger partial charge in [-0.1, -0.05) is 90.0 Å². The summed E-state index contributed by atoms with van der Waals surface area (Å²) >= 11 is 0. The van der Waals surface area contributed by atoms with E-state index in [-0.39, 0.29) is 0 Å². The molecule has 0 saturated heterocycles.